The van der Waals surface area contributed by atoms with E-state index in [4.69, 9.17) is 9.79 Å². The molecule has 6 nitrogen and oxygen atoms in total. The number of alkyl halides is 2. The van der Waals surface area contributed by atoms with E-state index < -0.39 is 32.6 Å². The minimum Gasteiger partial charge on any atom is -0.320 e. The zero-order valence-electron chi connectivity index (χ0n) is 11.6. The third-order valence-corrected chi connectivity index (χ3v) is 5.37. The van der Waals surface area contributed by atoms with Crippen molar-refractivity contribution in [3.8, 4) is 0 Å². The first-order chi connectivity index (χ1) is 11.0. The van der Waals surface area contributed by atoms with E-state index in [-0.39, 0.29) is 10.9 Å². The van der Waals surface area contributed by atoms with E-state index in [0.29, 0.717) is 5.39 Å². The summed E-state index contributed by atoms with van der Waals surface area (Å²) in [6, 6.07) is 6.71. The van der Waals surface area contributed by atoms with Crippen molar-refractivity contribution in [1.29, 1.82) is 0 Å². The van der Waals surface area contributed by atoms with Crippen molar-refractivity contribution in [2.45, 2.75) is 11.8 Å². The van der Waals surface area contributed by atoms with Crippen LogP contribution in [0.2, 0.25) is 0 Å². The zero-order chi connectivity index (χ0) is 18.2. The fourth-order valence-corrected chi connectivity index (χ4v) is 3.27. The highest BCUT2D eigenvalue weighted by Crippen LogP contribution is 2.59. The maximum Gasteiger partial charge on any atom is 0.399 e. The van der Waals surface area contributed by atoms with E-state index in [1.807, 2.05) is 0 Å². The van der Waals surface area contributed by atoms with Gasteiger partial charge in [0.05, 0.1) is 6.16 Å². The van der Waals surface area contributed by atoms with Gasteiger partial charge in [0, 0.05) is 5.56 Å². The molecule has 2 aromatic rings. The Bertz CT molecular complexity index is 845. The molecular formula is C12H10F4O6P2. The lowest BCUT2D eigenvalue weighted by atomic mass is 10.0. The molecule has 0 unspecified atom stereocenters. The van der Waals surface area contributed by atoms with E-state index in [0.717, 1.165) is 12.1 Å². The standard InChI is InChI=1S/C12H10F4O6P2/c13-12(14,24(18,19)20)11-4-3-9-2-1-8(5-10(9)6-11)7-23(17,21-15)22-16/h1-6H,7H2,(H2,18,19,20). The second-order valence-corrected chi connectivity index (χ2v) is 8.35. The Kier molecular flexibility index (Phi) is 5.20. The van der Waals surface area contributed by atoms with Crippen molar-refractivity contribution in [1.82, 2.24) is 0 Å². The number of hydrogen-bond acceptors (Lipinski definition) is 4. The van der Waals surface area contributed by atoms with Crippen LogP contribution in [0.4, 0.5) is 17.8 Å². The molecule has 0 saturated carbocycles. The van der Waals surface area contributed by atoms with Gasteiger partial charge in [0.25, 0.3) is 0 Å². The van der Waals surface area contributed by atoms with E-state index in [1.165, 1.54) is 24.3 Å². The smallest absolute Gasteiger partial charge is 0.320 e. The van der Waals surface area contributed by atoms with Crippen LogP contribution in [0.5, 0.6) is 0 Å². The summed E-state index contributed by atoms with van der Waals surface area (Å²) in [5.74, 6) is 0. The van der Waals surface area contributed by atoms with Crippen molar-refractivity contribution >= 4 is 26.0 Å². The maximum absolute atomic E-state index is 13.7. The molecule has 0 atom stereocenters. The molecule has 0 fully saturated rings. The molecule has 2 rings (SSSR count). The van der Waals surface area contributed by atoms with Crippen LogP contribution in [0.25, 0.3) is 10.8 Å². The third-order valence-electron chi connectivity index (χ3n) is 3.20. The molecule has 0 aliphatic heterocycles. The molecule has 2 N–H and O–H groups in total. The van der Waals surface area contributed by atoms with E-state index >= 15 is 0 Å². The summed E-state index contributed by atoms with van der Waals surface area (Å²) in [6.45, 7) is 0. The van der Waals surface area contributed by atoms with Gasteiger partial charge in [0.1, 0.15) is 0 Å². The fourth-order valence-electron chi connectivity index (χ4n) is 2.03. The Morgan fingerprint density at radius 2 is 1.54 bits per heavy atom. The second kappa shape index (κ2) is 6.55. The summed E-state index contributed by atoms with van der Waals surface area (Å²) in [5.41, 5.74) is -5.30. The van der Waals surface area contributed by atoms with Gasteiger partial charge in [0.15, 0.2) is 0 Å². The molecule has 0 aromatic heterocycles. The first-order valence-electron chi connectivity index (χ1n) is 6.19. The van der Waals surface area contributed by atoms with Crippen LogP contribution >= 0.6 is 15.2 Å². The summed E-state index contributed by atoms with van der Waals surface area (Å²) < 4.78 is 79.8. The van der Waals surface area contributed by atoms with Gasteiger partial charge in [-0.05, 0) is 31.5 Å². The Labute approximate surface area is 132 Å². The molecule has 0 spiro atoms. The van der Waals surface area contributed by atoms with Gasteiger partial charge >= 0.3 is 20.9 Å². The summed E-state index contributed by atoms with van der Waals surface area (Å²) in [5, 5.41) is 0.489. The average molecular weight is 388 g/mol. The molecule has 0 aliphatic rings. The molecule has 24 heavy (non-hydrogen) atoms. The Morgan fingerprint density at radius 1 is 0.958 bits per heavy atom. The maximum atomic E-state index is 13.7. The molecule has 132 valence electrons. The monoisotopic (exact) mass is 388 g/mol. The lowest BCUT2D eigenvalue weighted by Crippen LogP contribution is -2.13. The first kappa shape index (κ1) is 19.1. The van der Waals surface area contributed by atoms with Gasteiger partial charge in [-0.1, -0.05) is 30.3 Å². The number of fused-ring (bicyclic) bond motifs is 1. The van der Waals surface area contributed by atoms with E-state index in [9.17, 15) is 27.0 Å². The Balaban J connectivity index is 2.49. The largest absolute Gasteiger partial charge is 0.399 e. The van der Waals surface area contributed by atoms with Gasteiger partial charge < -0.3 is 9.79 Å². The lowest BCUT2D eigenvalue weighted by molar-refractivity contribution is -0.0881. The number of benzene rings is 2. The highest BCUT2D eigenvalue weighted by atomic mass is 31.2. The first-order valence-corrected chi connectivity index (χ1v) is 9.53. The van der Waals surface area contributed by atoms with Crippen LogP contribution in [-0.2, 0) is 30.4 Å². The van der Waals surface area contributed by atoms with Crippen LogP contribution < -0.4 is 0 Å². The summed E-state index contributed by atoms with van der Waals surface area (Å²) >= 11 is 0. The molecule has 0 bridgehead atoms. The lowest BCUT2D eigenvalue weighted by Gasteiger charge is -2.18. The zero-order valence-corrected chi connectivity index (χ0v) is 13.4. The SMILES string of the molecule is O=P(Cc1ccc2ccc(C(F)(F)P(=O)(O)O)cc2c1)(OF)OF. The number of hydrogen-bond donors (Lipinski definition) is 2. The van der Waals surface area contributed by atoms with Gasteiger partial charge in [-0.3, -0.25) is 9.13 Å². The molecule has 0 amide bonds. The predicted octanol–water partition coefficient (Wildman–Crippen LogP) is 4.56. The van der Waals surface area contributed by atoms with Gasteiger partial charge in [-0.15, -0.1) is 9.46 Å². The van der Waals surface area contributed by atoms with Gasteiger partial charge in [-0.2, -0.15) is 8.78 Å². The van der Waals surface area contributed by atoms with Crippen molar-refractivity contribution in [3.05, 3.63) is 47.5 Å². The minimum atomic E-state index is -5.74. The van der Waals surface area contributed by atoms with Crippen molar-refractivity contribution in [2.24, 2.45) is 0 Å². The van der Waals surface area contributed by atoms with Crippen molar-refractivity contribution in [3.63, 3.8) is 0 Å². The van der Waals surface area contributed by atoms with Crippen LogP contribution in [0, 0.1) is 0 Å². The second-order valence-electron chi connectivity index (χ2n) is 4.89. The summed E-state index contributed by atoms with van der Waals surface area (Å²) in [6.07, 6.45) is -0.810. The molecule has 0 saturated heterocycles. The Hall–Kier alpha value is -1.28. The van der Waals surface area contributed by atoms with Crippen LogP contribution in [-0.4, -0.2) is 9.79 Å². The molecule has 0 radical (unpaired) electrons. The number of rotatable bonds is 6. The molecule has 2 aromatic carbocycles. The van der Waals surface area contributed by atoms with Crippen LogP contribution in [0.3, 0.4) is 0 Å². The van der Waals surface area contributed by atoms with Crippen LogP contribution in [0.1, 0.15) is 11.1 Å². The Morgan fingerprint density at radius 3 is 2.08 bits per heavy atom. The topological polar surface area (TPSA) is 93.1 Å². The molecule has 12 heteroatoms. The molecule has 0 aliphatic carbocycles. The van der Waals surface area contributed by atoms with Gasteiger partial charge in [-0.25, -0.2) is 0 Å². The highest BCUT2D eigenvalue weighted by Gasteiger charge is 2.50. The van der Waals surface area contributed by atoms with Crippen molar-refractivity contribution in [2.75, 3.05) is 0 Å². The normalized spacial score (nSPS) is 13.4. The summed E-state index contributed by atoms with van der Waals surface area (Å²) in [7, 11) is -10.4. The molecule has 0 heterocycles. The van der Waals surface area contributed by atoms with Crippen molar-refractivity contribution < 1.29 is 46.2 Å². The van der Waals surface area contributed by atoms with E-state index in [2.05, 4.69) is 9.46 Å². The fraction of sp³-hybridized carbons (Fsp3) is 0.167. The predicted molar refractivity (Wildman–Crippen MR) is 75.6 cm³/mol. The minimum absolute atomic E-state index is 0.0396. The average Bonchev–Trinajstić information content (AvgIpc) is 2.53. The third kappa shape index (κ3) is 3.69. The van der Waals surface area contributed by atoms with E-state index in [1.54, 1.807) is 0 Å². The number of halogens is 4. The van der Waals surface area contributed by atoms with Gasteiger partial charge in [0.2, 0.25) is 0 Å². The summed E-state index contributed by atoms with van der Waals surface area (Å²) in [4.78, 5) is 17.5. The highest BCUT2D eigenvalue weighted by molar-refractivity contribution is 7.52. The quantitative estimate of drug-likeness (QED) is 0.557. The molecular weight excluding hydrogens is 378 g/mol. The van der Waals surface area contributed by atoms with Crippen LogP contribution in [0.15, 0.2) is 36.4 Å².